The molecule has 0 spiro atoms. The van der Waals surface area contributed by atoms with Gasteiger partial charge in [-0.05, 0) is 30.7 Å². The van der Waals surface area contributed by atoms with Crippen LogP contribution >= 0.6 is 0 Å². The lowest BCUT2D eigenvalue weighted by Crippen LogP contribution is -2.13. The van der Waals surface area contributed by atoms with Gasteiger partial charge < -0.3 is 0 Å². The SMILES string of the molecule is Cc1cccc(-c2ccccc2NS(=O)(=O)c2ccccc2)c1. The monoisotopic (exact) mass is 323 g/mol. The molecule has 3 nitrogen and oxygen atoms in total. The molecule has 23 heavy (non-hydrogen) atoms. The topological polar surface area (TPSA) is 46.2 Å². The Hall–Kier alpha value is -2.59. The molecule has 0 radical (unpaired) electrons. The Balaban J connectivity index is 2.02. The van der Waals surface area contributed by atoms with E-state index in [0.29, 0.717) is 5.69 Å². The quantitative estimate of drug-likeness (QED) is 0.770. The predicted molar refractivity (Wildman–Crippen MR) is 93.9 cm³/mol. The number of aryl methyl sites for hydroxylation is 1. The van der Waals surface area contributed by atoms with Crippen molar-refractivity contribution in [3.05, 3.63) is 84.4 Å². The first kappa shape index (κ1) is 15.3. The highest BCUT2D eigenvalue weighted by Gasteiger charge is 2.15. The van der Waals surface area contributed by atoms with Crippen LogP contribution in [0.5, 0.6) is 0 Å². The molecule has 4 heteroatoms. The third-order valence-electron chi connectivity index (χ3n) is 3.55. The van der Waals surface area contributed by atoms with Gasteiger partial charge in [0.2, 0.25) is 0 Å². The van der Waals surface area contributed by atoms with Crippen molar-refractivity contribution >= 4 is 15.7 Å². The highest BCUT2D eigenvalue weighted by atomic mass is 32.2. The van der Waals surface area contributed by atoms with Crippen LogP contribution in [0, 0.1) is 6.92 Å². The van der Waals surface area contributed by atoms with Gasteiger partial charge in [0, 0.05) is 5.56 Å². The second-order valence-electron chi connectivity index (χ2n) is 5.33. The van der Waals surface area contributed by atoms with Crippen molar-refractivity contribution in [1.82, 2.24) is 0 Å². The van der Waals surface area contributed by atoms with E-state index in [1.807, 2.05) is 49.4 Å². The largest absolute Gasteiger partial charge is 0.279 e. The second-order valence-corrected chi connectivity index (χ2v) is 7.02. The van der Waals surface area contributed by atoms with Crippen LogP contribution in [0.2, 0.25) is 0 Å². The number of nitrogens with one attached hydrogen (secondary N) is 1. The Morgan fingerprint density at radius 1 is 0.783 bits per heavy atom. The van der Waals surface area contributed by atoms with E-state index in [-0.39, 0.29) is 4.90 Å². The van der Waals surface area contributed by atoms with Crippen molar-refractivity contribution in [3.8, 4) is 11.1 Å². The van der Waals surface area contributed by atoms with E-state index >= 15 is 0 Å². The zero-order valence-electron chi connectivity index (χ0n) is 12.7. The van der Waals surface area contributed by atoms with Gasteiger partial charge in [0.15, 0.2) is 0 Å². The molecule has 0 fully saturated rings. The van der Waals surface area contributed by atoms with Crippen molar-refractivity contribution in [3.63, 3.8) is 0 Å². The lowest BCUT2D eigenvalue weighted by molar-refractivity contribution is 0.601. The fraction of sp³-hybridized carbons (Fsp3) is 0.0526. The van der Waals surface area contributed by atoms with Gasteiger partial charge in [0.25, 0.3) is 10.0 Å². The highest BCUT2D eigenvalue weighted by molar-refractivity contribution is 7.92. The molecule has 116 valence electrons. The molecule has 3 aromatic carbocycles. The minimum absolute atomic E-state index is 0.249. The van der Waals surface area contributed by atoms with Crippen LogP contribution < -0.4 is 4.72 Å². The van der Waals surface area contributed by atoms with E-state index in [9.17, 15) is 8.42 Å². The summed E-state index contributed by atoms with van der Waals surface area (Å²) in [7, 11) is -3.60. The normalized spacial score (nSPS) is 11.2. The maximum Gasteiger partial charge on any atom is 0.261 e. The lowest BCUT2D eigenvalue weighted by Gasteiger charge is -2.13. The number of anilines is 1. The number of hydrogen-bond donors (Lipinski definition) is 1. The van der Waals surface area contributed by atoms with Gasteiger partial charge in [-0.2, -0.15) is 0 Å². The number of para-hydroxylation sites is 1. The van der Waals surface area contributed by atoms with E-state index in [4.69, 9.17) is 0 Å². The molecule has 0 unspecified atom stereocenters. The zero-order valence-corrected chi connectivity index (χ0v) is 13.5. The summed E-state index contributed by atoms with van der Waals surface area (Å²) in [5.41, 5.74) is 3.54. The van der Waals surface area contributed by atoms with Crippen LogP contribution in [0.4, 0.5) is 5.69 Å². The van der Waals surface area contributed by atoms with Crippen molar-refractivity contribution < 1.29 is 8.42 Å². The van der Waals surface area contributed by atoms with Gasteiger partial charge >= 0.3 is 0 Å². The van der Waals surface area contributed by atoms with Crippen LogP contribution in [-0.2, 0) is 10.0 Å². The van der Waals surface area contributed by atoms with E-state index < -0.39 is 10.0 Å². The van der Waals surface area contributed by atoms with Gasteiger partial charge in [0.1, 0.15) is 0 Å². The average Bonchev–Trinajstić information content (AvgIpc) is 2.56. The highest BCUT2D eigenvalue weighted by Crippen LogP contribution is 2.30. The Bertz CT molecular complexity index is 919. The molecule has 3 aromatic rings. The molecule has 0 amide bonds. The summed E-state index contributed by atoms with van der Waals surface area (Å²) in [4.78, 5) is 0.249. The Morgan fingerprint density at radius 2 is 1.48 bits per heavy atom. The molecule has 0 aliphatic heterocycles. The van der Waals surface area contributed by atoms with Gasteiger partial charge in [0.05, 0.1) is 10.6 Å². The summed E-state index contributed by atoms with van der Waals surface area (Å²) >= 11 is 0. The fourth-order valence-corrected chi connectivity index (χ4v) is 3.54. The molecular formula is C19H17NO2S. The Kier molecular flexibility index (Phi) is 4.17. The molecule has 0 saturated carbocycles. The van der Waals surface area contributed by atoms with Crippen molar-refractivity contribution in [1.29, 1.82) is 0 Å². The molecule has 0 aromatic heterocycles. The summed E-state index contributed by atoms with van der Waals surface area (Å²) in [6, 6.07) is 23.8. The van der Waals surface area contributed by atoms with Crippen LogP contribution in [-0.4, -0.2) is 8.42 Å². The molecule has 0 aliphatic carbocycles. The maximum absolute atomic E-state index is 12.5. The molecule has 3 rings (SSSR count). The minimum atomic E-state index is -3.60. The summed E-state index contributed by atoms with van der Waals surface area (Å²) in [6.07, 6.45) is 0. The first-order chi connectivity index (χ1) is 11.1. The maximum atomic E-state index is 12.5. The molecule has 1 N–H and O–H groups in total. The number of sulfonamides is 1. The van der Waals surface area contributed by atoms with E-state index in [1.165, 1.54) is 0 Å². The summed E-state index contributed by atoms with van der Waals surface area (Å²) in [5.74, 6) is 0. The molecule has 0 heterocycles. The van der Waals surface area contributed by atoms with E-state index in [2.05, 4.69) is 4.72 Å². The van der Waals surface area contributed by atoms with Gasteiger partial charge in [-0.15, -0.1) is 0 Å². The van der Waals surface area contributed by atoms with Crippen molar-refractivity contribution in [2.45, 2.75) is 11.8 Å². The first-order valence-corrected chi connectivity index (χ1v) is 8.78. The summed E-state index contributed by atoms with van der Waals surface area (Å²) < 4.78 is 27.8. The number of benzene rings is 3. The summed E-state index contributed by atoms with van der Waals surface area (Å²) in [5, 5.41) is 0. The number of hydrogen-bond acceptors (Lipinski definition) is 2. The fourth-order valence-electron chi connectivity index (χ4n) is 2.44. The second kappa shape index (κ2) is 6.26. The van der Waals surface area contributed by atoms with Crippen LogP contribution in [0.1, 0.15) is 5.56 Å². The summed E-state index contributed by atoms with van der Waals surface area (Å²) in [6.45, 7) is 2.01. The first-order valence-electron chi connectivity index (χ1n) is 7.30. The molecular weight excluding hydrogens is 306 g/mol. The Labute approximate surface area is 136 Å². The molecule has 0 atom stereocenters. The Morgan fingerprint density at radius 3 is 2.22 bits per heavy atom. The van der Waals surface area contributed by atoms with Crippen LogP contribution in [0.25, 0.3) is 11.1 Å². The predicted octanol–water partition coefficient (Wildman–Crippen LogP) is 4.46. The van der Waals surface area contributed by atoms with Crippen molar-refractivity contribution in [2.24, 2.45) is 0 Å². The molecule has 0 saturated heterocycles. The van der Waals surface area contributed by atoms with Gasteiger partial charge in [-0.25, -0.2) is 8.42 Å². The molecule has 0 aliphatic rings. The third kappa shape index (κ3) is 3.43. The van der Waals surface area contributed by atoms with Gasteiger partial charge in [-0.3, -0.25) is 4.72 Å². The van der Waals surface area contributed by atoms with E-state index in [0.717, 1.165) is 16.7 Å². The smallest absolute Gasteiger partial charge is 0.261 e. The van der Waals surface area contributed by atoms with E-state index in [1.54, 1.807) is 36.4 Å². The van der Waals surface area contributed by atoms with Gasteiger partial charge in [-0.1, -0.05) is 66.2 Å². The molecule has 0 bridgehead atoms. The minimum Gasteiger partial charge on any atom is -0.279 e. The number of rotatable bonds is 4. The third-order valence-corrected chi connectivity index (χ3v) is 4.94. The lowest BCUT2D eigenvalue weighted by atomic mass is 10.0. The van der Waals surface area contributed by atoms with Crippen molar-refractivity contribution in [2.75, 3.05) is 4.72 Å². The average molecular weight is 323 g/mol. The standard InChI is InChI=1S/C19H17NO2S/c1-15-8-7-9-16(14-15)18-12-5-6-13-19(18)20-23(21,22)17-10-3-2-4-11-17/h2-14,20H,1H3. The van der Waals surface area contributed by atoms with Crippen LogP contribution in [0.15, 0.2) is 83.8 Å². The zero-order chi connectivity index (χ0) is 16.3. The van der Waals surface area contributed by atoms with Crippen LogP contribution in [0.3, 0.4) is 0 Å².